The lowest BCUT2D eigenvalue weighted by molar-refractivity contribution is -0.147. The Labute approximate surface area is 87.2 Å². The van der Waals surface area contributed by atoms with Crippen molar-refractivity contribution in [2.45, 2.75) is 46.6 Å². The minimum atomic E-state index is -0.119. The molecule has 0 aliphatic heterocycles. The summed E-state index contributed by atoms with van der Waals surface area (Å²) in [5.74, 6) is -0.187. The van der Waals surface area contributed by atoms with Crippen LogP contribution in [-0.2, 0) is 9.53 Å². The van der Waals surface area contributed by atoms with Gasteiger partial charge in [0.2, 0.25) is 0 Å². The lowest BCUT2D eigenvalue weighted by atomic mass is 10.0. The molecule has 0 bridgehead atoms. The van der Waals surface area contributed by atoms with Crippen molar-refractivity contribution in [2.75, 3.05) is 13.2 Å². The summed E-state index contributed by atoms with van der Waals surface area (Å²) in [5.41, 5.74) is 0.0980. The molecule has 1 unspecified atom stereocenters. The lowest BCUT2D eigenvalue weighted by Gasteiger charge is -2.26. The van der Waals surface area contributed by atoms with Crippen LogP contribution in [0.3, 0.4) is 0 Å². The number of hydrogen-bond donors (Lipinski definition) is 1. The zero-order valence-electron chi connectivity index (χ0n) is 10.0. The smallest absolute Gasteiger partial charge is 0.309 e. The van der Waals surface area contributed by atoms with Crippen LogP contribution >= 0.6 is 0 Å². The van der Waals surface area contributed by atoms with Crippen molar-refractivity contribution in [3.05, 3.63) is 0 Å². The Bertz CT molecular complexity index is 178. The van der Waals surface area contributed by atoms with Crippen molar-refractivity contribution in [1.29, 1.82) is 0 Å². The molecule has 0 aliphatic carbocycles. The van der Waals surface area contributed by atoms with E-state index in [2.05, 4.69) is 26.1 Å². The van der Waals surface area contributed by atoms with E-state index in [0.29, 0.717) is 13.2 Å². The van der Waals surface area contributed by atoms with Crippen LogP contribution in [0.25, 0.3) is 0 Å². The molecule has 0 heterocycles. The van der Waals surface area contributed by atoms with Crippen LogP contribution in [0.15, 0.2) is 0 Å². The zero-order chi connectivity index (χ0) is 11.2. The van der Waals surface area contributed by atoms with Gasteiger partial charge < -0.3 is 10.1 Å². The average Bonchev–Trinajstić information content (AvgIpc) is 2.15. The Balaban J connectivity index is 3.84. The van der Waals surface area contributed by atoms with E-state index < -0.39 is 0 Å². The molecule has 0 rings (SSSR count). The zero-order valence-corrected chi connectivity index (χ0v) is 10.0. The van der Waals surface area contributed by atoms with E-state index in [1.54, 1.807) is 0 Å². The van der Waals surface area contributed by atoms with Crippen LogP contribution in [0.2, 0.25) is 0 Å². The van der Waals surface area contributed by atoms with Crippen molar-refractivity contribution in [2.24, 2.45) is 5.92 Å². The molecule has 14 heavy (non-hydrogen) atoms. The van der Waals surface area contributed by atoms with Crippen molar-refractivity contribution in [1.82, 2.24) is 5.32 Å². The van der Waals surface area contributed by atoms with E-state index in [0.717, 1.165) is 6.42 Å². The fourth-order valence-electron chi connectivity index (χ4n) is 0.922. The van der Waals surface area contributed by atoms with E-state index in [1.165, 1.54) is 0 Å². The maximum atomic E-state index is 11.3. The molecule has 0 saturated carbocycles. The molecule has 0 aliphatic rings. The number of rotatable bonds is 6. The molecule has 1 N–H and O–H groups in total. The van der Waals surface area contributed by atoms with Gasteiger partial charge in [-0.05, 0) is 27.2 Å². The minimum Gasteiger partial charge on any atom is -0.466 e. The van der Waals surface area contributed by atoms with Crippen LogP contribution in [-0.4, -0.2) is 24.7 Å². The van der Waals surface area contributed by atoms with Crippen molar-refractivity contribution >= 4 is 5.97 Å². The third-order valence-electron chi connectivity index (χ3n) is 2.46. The summed E-state index contributed by atoms with van der Waals surface area (Å²) in [6.07, 6.45) is 1.04. The van der Waals surface area contributed by atoms with Gasteiger partial charge in [-0.2, -0.15) is 0 Å². The molecule has 0 amide bonds. The first-order valence-electron chi connectivity index (χ1n) is 5.34. The second-order valence-electron chi connectivity index (χ2n) is 4.27. The van der Waals surface area contributed by atoms with Gasteiger partial charge in [-0.1, -0.05) is 13.8 Å². The Morgan fingerprint density at radius 2 is 2.00 bits per heavy atom. The molecule has 3 nitrogen and oxygen atoms in total. The number of nitrogens with one attached hydrogen (secondary N) is 1. The van der Waals surface area contributed by atoms with Crippen LogP contribution in [0, 0.1) is 5.92 Å². The molecule has 0 aromatic heterocycles. The number of hydrogen-bond acceptors (Lipinski definition) is 3. The summed E-state index contributed by atoms with van der Waals surface area (Å²) in [4.78, 5) is 11.3. The summed E-state index contributed by atoms with van der Waals surface area (Å²) >= 11 is 0. The van der Waals surface area contributed by atoms with E-state index in [4.69, 9.17) is 4.74 Å². The Hall–Kier alpha value is -0.570. The van der Waals surface area contributed by atoms with Crippen molar-refractivity contribution < 1.29 is 9.53 Å². The van der Waals surface area contributed by atoms with Crippen LogP contribution in [0.1, 0.15) is 41.0 Å². The average molecular weight is 201 g/mol. The molecule has 0 aromatic carbocycles. The first-order valence-corrected chi connectivity index (χ1v) is 5.34. The quantitative estimate of drug-likeness (QED) is 0.668. The monoisotopic (exact) mass is 201 g/mol. The summed E-state index contributed by atoms with van der Waals surface area (Å²) < 4.78 is 4.92. The maximum absolute atomic E-state index is 11.3. The molecule has 84 valence electrons. The molecule has 1 atom stereocenters. The second kappa shape index (κ2) is 6.02. The molecule has 0 saturated heterocycles. The van der Waals surface area contributed by atoms with Gasteiger partial charge in [-0.15, -0.1) is 0 Å². The Morgan fingerprint density at radius 1 is 1.43 bits per heavy atom. The number of esters is 1. The standard InChI is InChI=1S/C11H23NO2/c1-6-11(4,5)12-8-9(3)10(13)14-7-2/h9,12H,6-8H2,1-5H3. The molecule has 3 heteroatoms. The third kappa shape index (κ3) is 5.22. The normalized spacial score (nSPS) is 13.8. The lowest BCUT2D eigenvalue weighted by Crippen LogP contribution is -2.42. The number of carbonyl (C=O) groups is 1. The largest absolute Gasteiger partial charge is 0.466 e. The topological polar surface area (TPSA) is 38.3 Å². The van der Waals surface area contributed by atoms with Crippen LogP contribution < -0.4 is 5.32 Å². The molecule has 0 aromatic rings. The first-order chi connectivity index (χ1) is 6.43. The molecular weight excluding hydrogens is 178 g/mol. The van der Waals surface area contributed by atoms with Gasteiger partial charge in [-0.25, -0.2) is 0 Å². The van der Waals surface area contributed by atoms with Gasteiger partial charge in [0.15, 0.2) is 0 Å². The predicted molar refractivity (Wildman–Crippen MR) is 58.2 cm³/mol. The van der Waals surface area contributed by atoms with Gasteiger partial charge in [0.05, 0.1) is 12.5 Å². The summed E-state index contributed by atoms with van der Waals surface area (Å²) in [6.45, 7) is 11.2. The fraction of sp³-hybridized carbons (Fsp3) is 0.909. The molecular formula is C11H23NO2. The van der Waals surface area contributed by atoms with Gasteiger partial charge in [0.25, 0.3) is 0 Å². The van der Waals surface area contributed by atoms with E-state index in [-0.39, 0.29) is 17.4 Å². The summed E-state index contributed by atoms with van der Waals surface area (Å²) in [7, 11) is 0. The van der Waals surface area contributed by atoms with E-state index >= 15 is 0 Å². The van der Waals surface area contributed by atoms with Crippen LogP contribution in [0.5, 0.6) is 0 Å². The highest BCUT2D eigenvalue weighted by Gasteiger charge is 2.19. The van der Waals surface area contributed by atoms with E-state index in [9.17, 15) is 4.79 Å². The Morgan fingerprint density at radius 3 is 2.43 bits per heavy atom. The summed E-state index contributed by atoms with van der Waals surface area (Å²) in [5, 5.41) is 3.35. The summed E-state index contributed by atoms with van der Waals surface area (Å²) in [6, 6.07) is 0. The molecule has 0 fully saturated rings. The van der Waals surface area contributed by atoms with Gasteiger partial charge in [0, 0.05) is 12.1 Å². The molecule has 0 radical (unpaired) electrons. The maximum Gasteiger partial charge on any atom is 0.309 e. The van der Waals surface area contributed by atoms with Gasteiger partial charge in [0.1, 0.15) is 0 Å². The predicted octanol–water partition coefficient (Wildman–Crippen LogP) is 1.96. The van der Waals surface area contributed by atoms with Crippen LogP contribution in [0.4, 0.5) is 0 Å². The Kier molecular flexibility index (Phi) is 5.77. The number of ether oxygens (including phenoxy) is 1. The number of carbonyl (C=O) groups excluding carboxylic acids is 1. The molecule has 0 spiro atoms. The van der Waals surface area contributed by atoms with E-state index in [1.807, 2.05) is 13.8 Å². The minimum absolute atomic E-state index is 0.0687. The SMILES string of the molecule is CCOC(=O)C(C)CNC(C)(C)CC. The fourth-order valence-corrected chi connectivity index (χ4v) is 0.922. The highest BCUT2D eigenvalue weighted by Crippen LogP contribution is 2.08. The highest BCUT2D eigenvalue weighted by atomic mass is 16.5. The van der Waals surface area contributed by atoms with Crippen molar-refractivity contribution in [3.8, 4) is 0 Å². The second-order valence-corrected chi connectivity index (χ2v) is 4.27. The van der Waals surface area contributed by atoms with Gasteiger partial charge in [-0.3, -0.25) is 4.79 Å². The first kappa shape index (κ1) is 13.4. The highest BCUT2D eigenvalue weighted by molar-refractivity contribution is 5.72. The van der Waals surface area contributed by atoms with Crippen molar-refractivity contribution in [3.63, 3.8) is 0 Å². The van der Waals surface area contributed by atoms with Gasteiger partial charge >= 0.3 is 5.97 Å². The third-order valence-corrected chi connectivity index (χ3v) is 2.46.